The van der Waals surface area contributed by atoms with Crippen LogP contribution in [0.1, 0.15) is 43.7 Å². The van der Waals surface area contributed by atoms with E-state index in [1.165, 1.54) is 40.4 Å². The molecule has 0 radical (unpaired) electrons. The van der Waals surface area contributed by atoms with Crippen LogP contribution in [-0.4, -0.2) is 60.0 Å². The number of ether oxygens (including phenoxy) is 5. The number of rotatable bonds is 18. The average molecular weight is 508 g/mol. The Hall–Kier alpha value is -0.410. The summed E-state index contributed by atoms with van der Waals surface area (Å²) in [6.45, 7) is 9.01. The van der Waals surface area contributed by atoms with Crippen molar-refractivity contribution >= 4 is 22.6 Å². The van der Waals surface area contributed by atoms with Crippen molar-refractivity contribution in [3.8, 4) is 5.75 Å². The van der Waals surface area contributed by atoms with Crippen LogP contribution in [0.15, 0.2) is 12.1 Å². The molecule has 162 valence electrons. The molecule has 0 atom stereocenters. The summed E-state index contributed by atoms with van der Waals surface area (Å²) in [7, 11) is 1.66. The number of hydrogen-bond acceptors (Lipinski definition) is 5. The molecule has 0 aliphatic heterocycles. The maximum absolute atomic E-state index is 5.96. The van der Waals surface area contributed by atoms with E-state index in [1.807, 2.05) is 0 Å². The van der Waals surface area contributed by atoms with Gasteiger partial charge in [-0.2, -0.15) is 0 Å². The number of unbranched alkanes of at least 4 members (excludes halogenated alkanes) is 3. The van der Waals surface area contributed by atoms with E-state index < -0.39 is 0 Å². The summed E-state index contributed by atoms with van der Waals surface area (Å²) in [5.74, 6) is 0.971. The van der Waals surface area contributed by atoms with E-state index in [9.17, 15) is 0 Å². The zero-order valence-corrected chi connectivity index (χ0v) is 19.9. The van der Waals surface area contributed by atoms with Crippen molar-refractivity contribution in [1.82, 2.24) is 0 Å². The molecule has 0 saturated heterocycles. The van der Waals surface area contributed by atoms with Gasteiger partial charge in [0.1, 0.15) is 12.4 Å². The predicted molar refractivity (Wildman–Crippen MR) is 122 cm³/mol. The SMILES string of the molecule is CCCCCCc1cc(C)c(I)c(OCCOCCOCCOCCOC)c1. The fraction of sp³-hybridized carbons (Fsp3) is 0.727. The standard InChI is InChI=1S/C22H37IO5/c1-4-5-6-7-8-20-17-19(2)22(23)21(18-20)28-16-15-27-14-13-26-12-11-25-10-9-24-3/h17-18H,4-16H2,1-3H3. The van der Waals surface area contributed by atoms with Crippen molar-refractivity contribution in [3.63, 3.8) is 0 Å². The Morgan fingerprint density at radius 1 is 0.786 bits per heavy atom. The fourth-order valence-electron chi connectivity index (χ4n) is 2.71. The van der Waals surface area contributed by atoms with Crippen LogP contribution in [0.2, 0.25) is 0 Å². The molecule has 1 aromatic carbocycles. The van der Waals surface area contributed by atoms with Crippen LogP contribution in [0.3, 0.4) is 0 Å². The van der Waals surface area contributed by atoms with E-state index in [4.69, 9.17) is 23.7 Å². The van der Waals surface area contributed by atoms with Crippen LogP contribution in [0.4, 0.5) is 0 Å². The van der Waals surface area contributed by atoms with Crippen LogP contribution in [0.5, 0.6) is 5.75 Å². The minimum atomic E-state index is 0.550. The van der Waals surface area contributed by atoms with Crippen molar-refractivity contribution in [1.29, 1.82) is 0 Å². The molecule has 0 fully saturated rings. The lowest BCUT2D eigenvalue weighted by molar-refractivity contribution is 0.000130. The quantitative estimate of drug-likeness (QED) is 0.211. The van der Waals surface area contributed by atoms with E-state index in [-0.39, 0.29) is 0 Å². The highest BCUT2D eigenvalue weighted by Crippen LogP contribution is 2.27. The van der Waals surface area contributed by atoms with Gasteiger partial charge in [0.2, 0.25) is 0 Å². The van der Waals surface area contributed by atoms with Gasteiger partial charge in [-0.05, 0) is 59.5 Å². The van der Waals surface area contributed by atoms with Gasteiger partial charge in [0.15, 0.2) is 0 Å². The zero-order valence-electron chi connectivity index (χ0n) is 17.8. The molecule has 1 rings (SSSR count). The molecule has 0 N–H and O–H groups in total. The third-order valence-electron chi connectivity index (χ3n) is 4.26. The number of halogens is 1. The Bertz CT molecular complexity index is 510. The third kappa shape index (κ3) is 12.2. The number of methoxy groups -OCH3 is 1. The summed E-state index contributed by atoms with van der Waals surface area (Å²) in [6.07, 6.45) is 6.25. The average Bonchev–Trinajstić information content (AvgIpc) is 2.69. The molecule has 0 unspecified atom stereocenters. The maximum atomic E-state index is 5.96. The Labute approximate surface area is 184 Å². The molecule has 0 aliphatic rings. The second-order valence-corrected chi connectivity index (χ2v) is 7.79. The van der Waals surface area contributed by atoms with Crippen molar-refractivity contribution in [3.05, 3.63) is 26.8 Å². The third-order valence-corrected chi connectivity index (χ3v) is 5.64. The van der Waals surface area contributed by atoms with Crippen LogP contribution in [0, 0.1) is 10.5 Å². The van der Waals surface area contributed by atoms with E-state index in [0.717, 1.165) is 12.2 Å². The van der Waals surface area contributed by atoms with Gasteiger partial charge in [0.05, 0.1) is 49.8 Å². The normalized spacial score (nSPS) is 11.1. The molecule has 1 aromatic rings. The molecule has 6 heteroatoms. The maximum Gasteiger partial charge on any atom is 0.133 e. The molecule has 0 aliphatic carbocycles. The lowest BCUT2D eigenvalue weighted by Gasteiger charge is -2.13. The summed E-state index contributed by atoms with van der Waals surface area (Å²) in [5, 5.41) is 0. The minimum Gasteiger partial charge on any atom is -0.490 e. The van der Waals surface area contributed by atoms with Crippen LogP contribution < -0.4 is 4.74 Å². The number of benzene rings is 1. The zero-order chi connectivity index (χ0) is 20.5. The molecular formula is C22H37IO5. The smallest absolute Gasteiger partial charge is 0.133 e. The second-order valence-electron chi connectivity index (χ2n) is 6.71. The molecule has 5 nitrogen and oxygen atoms in total. The molecular weight excluding hydrogens is 471 g/mol. The van der Waals surface area contributed by atoms with Crippen LogP contribution in [-0.2, 0) is 25.4 Å². The van der Waals surface area contributed by atoms with Gasteiger partial charge in [0, 0.05) is 7.11 Å². The van der Waals surface area contributed by atoms with E-state index >= 15 is 0 Å². The van der Waals surface area contributed by atoms with Gasteiger partial charge in [-0.25, -0.2) is 0 Å². The Balaban J connectivity index is 2.14. The largest absolute Gasteiger partial charge is 0.490 e. The van der Waals surface area contributed by atoms with Crippen LogP contribution >= 0.6 is 22.6 Å². The summed E-state index contributed by atoms with van der Waals surface area (Å²) in [6, 6.07) is 4.47. The predicted octanol–water partition coefficient (Wildman–Crippen LogP) is 4.80. The Morgan fingerprint density at radius 3 is 2.00 bits per heavy atom. The molecule has 0 heterocycles. The summed E-state index contributed by atoms with van der Waals surface area (Å²) < 4.78 is 28.4. The van der Waals surface area contributed by atoms with Crippen molar-refractivity contribution in [2.45, 2.75) is 46.0 Å². The van der Waals surface area contributed by atoms with Gasteiger partial charge in [-0.1, -0.05) is 32.3 Å². The second kappa shape index (κ2) is 17.4. The lowest BCUT2D eigenvalue weighted by atomic mass is 10.0. The first kappa shape index (κ1) is 25.6. The molecule has 0 bridgehead atoms. The van der Waals surface area contributed by atoms with Gasteiger partial charge < -0.3 is 23.7 Å². The summed E-state index contributed by atoms with van der Waals surface area (Å²) >= 11 is 2.36. The lowest BCUT2D eigenvalue weighted by Crippen LogP contribution is -2.13. The topological polar surface area (TPSA) is 46.2 Å². The molecule has 0 spiro atoms. The van der Waals surface area contributed by atoms with Crippen LogP contribution in [0.25, 0.3) is 0 Å². The van der Waals surface area contributed by atoms with E-state index in [2.05, 4.69) is 48.6 Å². The minimum absolute atomic E-state index is 0.550. The molecule has 0 saturated carbocycles. The highest BCUT2D eigenvalue weighted by Gasteiger charge is 2.07. The van der Waals surface area contributed by atoms with E-state index in [0.29, 0.717) is 52.9 Å². The fourth-order valence-corrected chi connectivity index (χ4v) is 3.18. The van der Waals surface area contributed by atoms with Crippen molar-refractivity contribution in [2.24, 2.45) is 0 Å². The Kier molecular flexibility index (Phi) is 16.0. The highest BCUT2D eigenvalue weighted by molar-refractivity contribution is 14.1. The van der Waals surface area contributed by atoms with Crippen molar-refractivity contribution < 1.29 is 23.7 Å². The summed E-state index contributed by atoms with van der Waals surface area (Å²) in [5.41, 5.74) is 2.65. The molecule has 28 heavy (non-hydrogen) atoms. The van der Waals surface area contributed by atoms with Gasteiger partial charge >= 0.3 is 0 Å². The molecule has 0 amide bonds. The van der Waals surface area contributed by atoms with Crippen molar-refractivity contribution in [2.75, 3.05) is 60.0 Å². The first-order valence-corrected chi connectivity index (χ1v) is 11.4. The number of hydrogen-bond donors (Lipinski definition) is 0. The van der Waals surface area contributed by atoms with Gasteiger partial charge in [0.25, 0.3) is 0 Å². The number of aryl methyl sites for hydroxylation is 2. The van der Waals surface area contributed by atoms with Gasteiger partial charge in [-0.15, -0.1) is 0 Å². The first-order valence-electron chi connectivity index (χ1n) is 10.3. The molecule has 0 aromatic heterocycles. The first-order chi connectivity index (χ1) is 13.7. The van der Waals surface area contributed by atoms with Gasteiger partial charge in [-0.3, -0.25) is 0 Å². The Morgan fingerprint density at radius 2 is 1.39 bits per heavy atom. The monoisotopic (exact) mass is 508 g/mol. The highest BCUT2D eigenvalue weighted by atomic mass is 127. The van der Waals surface area contributed by atoms with E-state index in [1.54, 1.807) is 7.11 Å². The summed E-state index contributed by atoms with van der Waals surface area (Å²) in [4.78, 5) is 0.